The van der Waals surface area contributed by atoms with E-state index in [-0.39, 0.29) is 0 Å². The van der Waals surface area contributed by atoms with Gasteiger partial charge in [-0.3, -0.25) is 0 Å². The monoisotopic (exact) mass is 489 g/mol. The Bertz CT molecular complexity index is 829. The van der Waals surface area contributed by atoms with Crippen molar-refractivity contribution in [3.05, 3.63) is 58.1 Å². The van der Waals surface area contributed by atoms with Crippen LogP contribution in [-0.2, 0) is 22.6 Å². The lowest BCUT2D eigenvalue weighted by molar-refractivity contribution is -0.107. The lowest BCUT2D eigenvalue weighted by Crippen LogP contribution is -2.32. The van der Waals surface area contributed by atoms with Crippen molar-refractivity contribution in [2.24, 2.45) is 0 Å². The normalized spacial score (nSPS) is 10.4. The summed E-state index contributed by atoms with van der Waals surface area (Å²) in [6.07, 6.45) is 4.40. The predicted molar refractivity (Wildman–Crippen MR) is 148 cm³/mol. The number of carbonyl (C=O) groups is 1. The van der Waals surface area contributed by atoms with Crippen LogP contribution in [0, 0.1) is 6.92 Å². The topological polar surface area (TPSA) is 53.6 Å². The molecule has 0 radical (unpaired) electrons. The minimum absolute atomic E-state index is 0.550. The first-order valence-electron chi connectivity index (χ1n) is 12.6. The van der Waals surface area contributed by atoms with Gasteiger partial charge in [0.2, 0.25) is 0 Å². The molecule has 0 amide bonds. The van der Waals surface area contributed by atoms with Gasteiger partial charge >= 0.3 is 0 Å². The van der Waals surface area contributed by atoms with Gasteiger partial charge in [-0.2, -0.15) is 0 Å². The second-order valence-electron chi connectivity index (χ2n) is 7.94. The summed E-state index contributed by atoms with van der Waals surface area (Å²) in [6, 6.07) is 12.5. The number of aryl methyl sites for hydroxylation is 2. The third-order valence-electron chi connectivity index (χ3n) is 5.59. The van der Waals surface area contributed by atoms with Crippen LogP contribution in [0.3, 0.4) is 0 Å². The number of hydrogen-bond acceptors (Lipinski definition) is 5. The molecule has 0 saturated carbocycles. The molecule has 0 aliphatic rings. The van der Waals surface area contributed by atoms with E-state index in [0.29, 0.717) is 13.0 Å². The third-order valence-corrected chi connectivity index (χ3v) is 6.08. The second-order valence-corrected chi connectivity index (χ2v) is 8.32. The maximum absolute atomic E-state index is 10.6. The molecule has 190 valence electrons. The third kappa shape index (κ3) is 10.5. The molecule has 0 heterocycles. The van der Waals surface area contributed by atoms with Crippen LogP contribution in [-0.4, -0.2) is 46.1 Å². The van der Waals surface area contributed by atoms with Crippen LogP contribution in [0.2, 0.25) is 5.02 Å². The molecule has 0 aliphatic carbocycles. The summed E-state index contributed by atoms with van der Waals surface area (Å²) < 4.78 is 5.85. The summed E-state index contributed by atoms with van der Waals surface area (Å²) in [7, 11) is 1.91. The summed E-state index contributed by atoms with van der Waals surface area (Å²) in [6.45, 7) is 13.4. The molecule has 0 spiro atoms. The number of ether oxygens (including phenoxy) is 1. The molecule has 2 aromatic rings. The van der Waals surface area contributed by atoms with Crippen LogP contribution in [0.25, 0.3) is 0 Å². The van der Waals surface area contributed by atoms with Crippen molar-refractivity contribution in [2.45, 2.75) is 60.0 Å². The molecule has 0 unspecified atom stereocenters. The highest BCUT2D eigenvalue weighted by Crippen LogP contribution is 2.28. The van der Waals surface area contributed by atoms with Gasteiger partial charge in [0.15, 0.2) is 0 Å². The quantitative estimate of drug-likeness (QED) is 0.215. The molecular formula is C28H44ClN3O2. The molecule has 0 atom stereocenters. The maximum atomic E-state index is 10.6. The summed E-state index contributed by atoms with van der Waals surface area (Å²) in [5.41, 5.74) is 5.62. The maximum Gasteiger partial charge on any atom is 0.120 e. The van der Waals surface area contributed by atoms with Crippen LogP contribution in [0.1, 0.15) is 56.7 Å². The number of carbonyl (C=O) groups excluding carboxylic acids is 1. The van der Waals surface area contributed by atoms with E-state index in [1.165, 1.54) is 5.56 Å². The lowest BCUT2D eigenvalue weighted by Gasteiger charge is -2.25. The fourth-order valence-electron chi connectivity index (χ4n) is 3.69. The summed E-state index contributed by atoms with van der Waals surface area (Å²) >= 11 is 6.47. The smallest absolute Gasteiger partial charge is 0.120 e. The predicted octanol–water partition coefficient (Wildman–Crippen LogP) is 6.26. The van der Waals surface area contributed by atoms with Gasteiger partial charge in [-0.05, 0) is 68.5 Å². The Balaban J connectivity index is 0.00000281. The number of aldehydes is 1. The Morgan fingerprint density at radius 2 is 1.91 bits per heavy atom. The molecular weight excluding hydrogens is 446 g/mol. The molecule has 0 saturated heterocycles. The highest BCUT2D eigenvalue weighted by Gasteiger charge is 2.09. The first-order valence-corrected chi connectivity index (χ1v) is 13.0. The Kier molecular flexibility index (Phi) is 16.1. The Morgan fingerprint density at radius 3 is 2.62 bits per heavy atom. The van der Waals surface area contributed by atoms with E-state index >= 15 is 0 Å². The average Bonchev–Trinajstić information content (AvgIpc) is 2.87. The molecule has 2 N–H and O–H groups in total. The van der Waals surface area contributed by atoms with Crippen molar-refractivity contribution in [2.75, 3.05) is 50.1 Å². The average molecular weight is 490 g/mol. The van der Waals surface area contributed by atoms with Gasteiger partial charge in [0.25, 0.3) is 0 Å². The van der Waals surface area contributed by atoms with Crippen molar-refractivity contribution in [3.63, 3.8) is 0 Å². The number of nitrogens with one attached hydrogen (secondary N) is 2. The number of likely N-dealkylation sites (N-methyl/N-ethyl adjacent to an activating group) is 1. The van der Waals surface area contributed by atoms with Gasteiger partial charge in [-0.15, -0.1) is 0 Å². The first kappa shape index (κ1) is 30.0. The fraction of sp³-hybridized carbons (Fsp3) is 0.536. The molecule has 34 heavy (non-hydrogen) atoms. The number of benzene rings is 2. The SMILES string of the molecule is CC.CCN(CCNCCCCOCc1ccc(CCC=O)c(NC)c1)c1cccc(C)c1Cl. The van der Waals surface area contributed by atoms with E-state index in [1.54, 1.807) is 0 Å². The standard InChI is InChI=1S/C26H38ClN3O2.C2H6/c1-4-30(25-11-7-9-21(2)26(25)27)16-15-29-14-5-6-18-32-20-22-12-13-23(10-8-17-31)24(19-22)28-3;1-2/h7,9,11-13,17,19,28-29H,4-6,8,10,14-16,18,20H2,1-3H3;1-2H3. The highest BCUT2D eigenvalue weighted by molar-refractivity contribution is 6.34. The molecule has 5 nitrogen and oxygen atoms in total. The van der Waals surface area contributed by atoms with Gasteiger partial charge in [0, 0.05) is 45.4 Å². The molecule has 0 bridgehead atoms. The zero-order valence-electron chi connectivity index (χ0n) is 21.8. The van der Waals surface area contributed by atoms with Crippen LogP contribution in [0.15, 0.2) is 36.4 Å². The largest absolute Gasteiger partial charge is 0.388 e. The number of hydrogen-bond donors (Lipinski definition) is 2. The number of halogens is 1. The van der Waals surface area contributed by atoms with Crippen molar-refractivity contribution < 1.29 is 9.53 Å². The fourth-order valence-corrected chi connectivity index (χ4v) is 3.93. The summed E-state index contributed by atoms with van der Waals surface area (Å²) in [5, 5.41) is 7.59. The molecule has 2 aromatic carbocycles. The van der Waals surface area contributed by atoms with Gasteiger partial charge in [-0.25, -0.2) is 0 Å². The zero-order chi connectivity index (χ0) is 25.2. The second kappa shape index (κ2) is 18.3. The molecule has 0 aromatic heterocycles. The van der Waals surface area contributed by atoms with E-state index in [2.05, 4.69) is 52.8 Å². The molecule has 0 fully saturated rings. The minimum Gasteiger partial charge on any atom is -0.388 e. The summed E-state index contributed by atoms with van der Waals surface area (Å²) in [5.74, 6) is 0. The molecule has 2 rings (SSSR count). The van der Waals surface area contributed by atoms with Gasteiger partial charge < -0.3 is 25.1 Å². The zero-order valence-corrected chi connectivity index (χ0v) is 22.5. The highest BCUT2D eigenvalue weighted by atomic mass is 35.5. The lowest BCUT2D eigenvalue weighted by atomic mass is 10.1. The minimum atomic E-state index is 0.550. The van der Waals surface area contributed by atoms with Crippen molar-refractivity contribution >= 4 is 29.3 Å². The van der Waals surface area contributed by atoms with Gasteiger partial charge in [0.1, 0.15) is 6.29 Å². The van der Waals surface area contributed by atoms with Crippen molar-refractivity contribution in [3.8, 4) is 0 Å². The Labute approximate surface area is 212 Å². The van der Waals surface area contributed by atoms with E-state index in [4.69, 9.17) is 16.3 Å². The van der Waals surface area contributed by atoms with Crippen molar-refractivity contribution in [1.29, 1.82) is 0 Å². The van der Waals surface area contributed by atoms with Gasteiger partial charge in [-0.1, -0.05) is 49.7 Å². The Morgan fingerprint density at radius 1 is 1.12 bits per heavy atom. The van der Waals surface area contributed by atoms with Crippen molar-refractivity contribution in [1.82, 2.24) is 5.32 Å². The molecule has 0 aliphatic heterocycles. The van der Waals surface area contributed by atoms with Crippen LogP contribution in [0.4, 0.5) is 11.4 Å². The van der Waals surface area contributed by atoms with Gasteiger partial charge in [0.05, 0.1) is 17.3 Å². The first-order chi connectivity index (χ1) is 16.6. The van der Waals surface area contributed by atoms with Crippen LogP contribution in [0.5, 0.6) is 0 Å². The van der Waals surface area contributed by atoms with Crippen LogP contribution >= 0.6 is 11.6 Å². The number of nitrogens with zero attached hydrogens (tertiary/aromatic N) is 1. The Hall–Kier alpha value is -2.08. The molecule has 6 heteroatoms. The van der Waals surface area contributed by atoms with E-state index in [0.717, 1.165) is 85.9 Å². The van der Waals surface area contributed by atoms with Crippen LogP contribution < -0.4 is 15.5 Å². The number of anilines is 2. The van der Waals surface area contributed by atoms with E-state index in [9.17, 15) is 4.79 Å². The number of rotatable bonds is 16. The van der Waals surface area contributed by atoms with E-state index in [1.807, 2.05) is 33.9 Å². The number of unbranched alkanes of at least 4 members (excludes halogenated alkanes) is 1. The summed E-state index contributed by atoms with van der Waals surface area (Å²) in [4.78, 5) is 12.9. The van der Waals surface area contributed by atoms with E-state index < -0.39 is 0 Å².